The van der Waals surface area contributed by atoms with Crippen molar-refractivity contribution in [2.45, 2.75) is 32.7 Å². The van der Waals surface area contributed by atoms with Gasteiger partial charge in [-0.3, -0.25) is 0 Å². The molecule has 2 aromatic carbocycles. The summed E-state index contributed by atoms with van der Waals surface area (Å²) in [7, 11) is 0. The van der Waals surface area contributed by atoms with Crippen molar-refractivity contribution in [1.29, 1.82) is 5.26 Å². The molecular weight excluding hydrogens is 244 g/mol. The molecule has 0 saturated carbocycles. The normalized spacial score (nSPS) is 10.0. The van der Waals surface area contributed by atoms with E-state index in [0.717, 1.165) is 18.7 Å². The third kappa shape index (κ3) is 4.13. The Bertz CT molecular complexity index is 562. The third-order valence-corrected chi connectivity index (χ3v) is 3.35. The highest BCUT2D eigenvalue weighted by Gasteiger charge is 1.96. The molecule has 0 spiro atoms. The molecule has 2 aromatic rings. The van der Waals surface area contributed by atoms with Crippen LogP contribution in [0.15, 0.2) is 48.5 Å². The maximum Gasteiger partial charge on any atom is 0.0991 e. The van der Waals surface area contributed by atoms with Gasteiger partial charge in [-0.2, -0.15) is 5.26 Å². The van der Waals surface area contributed by atoms with E-state index in [2.05, 4.69) is 42.6 Å². The van der Waals surface area contributed by atoms with Crippen molar-refractivity contribution in [3.63, 3.8) is 0 Å². The second-order valence-corrected chi connectivity index (χ2v) is 4.96. The first-order chi connectivity index (χ1) is 9.81. The van der Waals surface area contributed by atoms with Crippen LogP contribution >= 0.6 is 0 Å². The van der Waals surface area contributed by atoms with Crippen LogP contribution in [0.25, 0.3) is 0 Å². The second-order valence-electron chi connectivity index (χ2n) is 4.96. The van der Waals surface area contributed by atoms with Gasteiger partial charge in [0.1, 0.15) is 0 Å². The Morgan fingerprint density at radius 3 is 2.20 bits per heavy atom. The molecule has 20 heavy (non-hydrogen) atoms. The highest BCUT2D eigenvalue weighted by molar-refractivity contribution is 5.45. The van der Waals surface area contributed by atoms with Gasteiger partial charge in [-0.05, 0) is 48.2 Å². The first-order valence-corrected chi connectivity index (χ1v) is 7.13. The predicted molar refractivity (Wildman–Crippen MR) is 83.5 cm³/mol. The third-order valence-electron chi connectivity index (χ3n) is 3.35. The summed E-state index contributed by atoms with van der Waals surface area (Å²) in [6.45, 7) is 2.99. The van der Waals surface area contributed by atoms with Gasteiger partial charge in [-0.25, -0.2) is 0 Å². The maximum absolute atomic E-state index is 8.76. The van der Waals surface area contributed by atoms with Gasteiger partial charge < -0.3 is 5.32 Å². The van der Waals surface area contributed by atoms with Crippen LogP contribution in [-0.4, -0.2) is 0 Å². The highest BCUT2D eigenvalue weighted by atomic mass is 14.9. The van der Waals surface area contributed by atoms with E-state index in [9.17, 15) is 0 Å². The lowest BCUT2D eigenvalue weighted by atomic mass is 10.1. The Labute approximate surface area is 121 Å². The summed E-state index contributed by atoms with van der Waals surface area (Å²) in [4.78, 5) is 0. The second kappa shape index (κ2) is 7.35. The van der Waals surface area contributed by atoms with E-state index in [1.54, 1.807) is 0 Å². The minimum absolute atomic E-state index is 0.703. The zero-order valence-corrected chi connectivity index (χ0v) is 11.9. The zero-order valence-electron chi connectivity index (χ0n) is 11.9. The van der Waals surface area contributed by atoms with E-state index >= 15 is 0 Å². The Balaban J connectivity index is 1.88. The first-order valence-electron chi connectivity index (χ1n) is 7.13. The van der Waals surface area contributed by atoms with Crippen molar-refractivity contribution in [2.75, 3.05) is 5.32 Å². The number of hydrogen-bond donors (Lipinski definition) is 1. The quantitative estimate of drug-likeness (QED) is 0.833. The number of nitrogens with zero attached hydrogens (tertiary/aromatic N) is 1. The molecule has 102 valence electrons. The number of hydrogen-bond acceptors (Lipinski definition) is 2. The number of benzene rings is 2. The molecule has 0 radical (unpaired) electrons. The number of nitrogens with one attached hydrogen (secondary N) is 1. The number of aryl methyl sites for hydroxylation is 1. The smallest absolute Gasteiger partial charge is 0.0991 e. The molecule has 0 unspecified atom stereocenters. The summed E-state index contributed by atoms with van der Waals surface area (Å²) in [6, 6.07) is 18.5. The molecule has 1 N–H and O–H groups in total. The van der Waals surface area contributed by atoms with Crippen molar-refractivity contribution in [3.05, 3.63) is 65.2 Å². The van der Waals surface area contributed by atoms with Crippen molar-refractivity contribution in [3.8, 4) is 6.07 Å². The topological polar surface area (TPSA) is 35.8 Å². The SMILES string of the molecule is CCCCc1ccc(NCc2ccc(C#N)cc2)cc1. The molecule has 2 rings (SSSR count). The van der Waals surface area contributed by atoms with Gasteiger partial charge in [-0.1, -0.05) is 37.6 Å². The van der Waals surface area contributed by atoms with E-state index < -0.39 is 0 Å². The van der Waals surface area contributed by atoms with Crippen LogP contribution in [-0.2, 0) is 13.0 Å². The number of nitriles is 1. The molecule has 0 amide bonds. The fourth-order valence-electron chi connectivity index (χ4n) is 2.07. The van der Waals surface area contributed by atoms with Gasteiger partial charge >= 0.3 is 0 Å². The van der Waals surface area contributed by atoms with Crippen LogP contribution in [0.4, 0.5) is 5.69 Å². The summed E-state index contributed by atoms with van der Waals surface area (Å²) in [5, 5.41) is 12.2. The fraction of sp³-hybridized carbons (Fsp3) is 0.278. The minimum Gasteiger partial charge on any atom is -0.381 e. The highest BCUT2D eigenvalue weighted by Crippen LogP contribution is 2.13. The summed E-state index contributed by atoms with van der Waals surface area (Å²) in [5.74, 6) is 0. The van der Waals surface area contributed by atoms with Gasteiger partial charge in [0.25, 0.3) is 0 Å². The molecule has 0 saturated heterocycles. The summed E-state index contributed by atoms with van der Waals surface area (Å²) >= 11 is 0. The van der Waals surface area contributed by atoms with Crippen LogP contribution in [0.2, 0.25) is 0 Å². The van der Waals surface area contributed by atoms with Gasteiger partial charge in [-0.15, -0.1) is 0 Å². The zero-order chi connectivity index (χ0) is 14.2. The monoisotopic (exact) mass is 264 g/mol. The molecule has 0 aliphatic heterocycles. The van der Waals surface area contributed by atoms with Crippen molar-refractivity contribution in [1.82, 2.24) is 0 Å². The van der Waals surface area contributed by atoms with Gasteiger partial charge in [0.05, 0.1) is 11.6 Å². The van der Waals surface area contributed by atoms with Crippen LogP contribution in [0.5, 0.6) is 0 Å². The average molecular weight is 264 g/mol. The van der Waals surface area contributed by atoms with Crippen LogP contribution < -0.4 is 5.32 Å². The lowest BCUT2D eigenvalue weighted by molar-refractivity contribution is 0.795. The van der Waals surface area contributed by atoms with Crippen LogP contribution in [0.1, 0.15) is 36.5 Å². The Morgan fingerprint density at radius 2 is 1.60 bits per heavy atom. The molecule has 0 heterocycles. The number of unbranched alkanes of at least 4 members (excludes halogenated alkanes) is 1. The lowest BCUT2D eigenvalue weighted by Crippen LogP contribution is -1.99. The summed E-state index contributed by atoms with van der Waals surface area (Å²) in [6.07, 6.45) is 3.64. The molecule has 0 aliphatic carbocycles. The van der Waals surface area contributed by atoms with Crippen molar-refractivity contribution in [2.24, 2.45) is 0 Å². The van der Waals surface area contributed by atoms with E-state index in [1.807, 2.05) is 24.3 Å². The van der Waals surface area contributed by atoms with E-state index in [4.69, 9.17) is 5.26 Å². The maximum atomic E-state index is 8.76. The van der Waals surface area contributed by atoms with E-state index in [-0.39, 0.29) is 0 Å². The molecule has 2 heteroatoms. The Hall–Kier alpha value is -2.27. The lowest BCUT2D eigenvalue weighted by Gasteiger charge is -2.08. The minimum atomic E-state index is 0.703. The van der Waals surface area contributed by atoms with E-state index in [0.29, 0.717) is 5.56 Å². The van der Waals surface area contributed by atoms with Gasteiger partial charge in [0.15, 0.2) is 0 Å². The molecule has 2 nitrogen and oxygen atoms in total. The van der Waals surface area contributed by atoms with Crippen molar-refractivity contribution < 1.29 is 0 Å². The van der Waals surface area contributed by atoms with Crippen LogP contribution in [0, 0.1) is 11.3 Å². The predicted octanol–water partition coefficient (Wildman–Crippen LogP) is 4.51. The number of anilines is 1. The largest absolute Gasteiger partial charge is 0.381 e. The first kappa shape index (κ1) is 14.1. The molecular formula is C18H20N2. The summed E-state index contributed by atoms with van der Waals surface area (Å²) in [5.41, 5.74) is 4.42. The fourth-order valence-corrected chi connectivity index (χ4v) is 2.07. The van der Waals surface area contributed by atoms with E-state index in [1.165, 1.54) is 24.0 Å². The summed E-state index contributed by atoms with van der Waals surface area (Å²) < 4.78 is 0. The molecule has 0 atom stereocenters. The molecule has 0 fully saturated rings. The van der Waals surface area contributed by atoms with Gasteiger partial charge in [0, 0.05) is 12.2 Å². The average Bonchev–Trinajstić information content (AvgIpc) is 2.52. The Kier molecular flexibility index (Phi) is 5.20. The van der Waals surface area contributed by atoms with Crippen molar-refractivity contribution >= 4 is 5.69 Å². The van der Waals surface area contributed by atoms with Gasteiger partial charge in [0.2, 0.25) is 0 Å². The molecule has 0 aliphatic rings. The molecule has 0 aromatic heterocycles. The standard InChI is InChI=1S/C18H20N2/c1-2-3-4-15-9-11-18(12-10-15)20-14-17-7-5-16(13-19)6-8-17/h5-12,20H,2-4,14H2,1H3. The molecule has 0 bridgehead atoms. The van der Waals surface area contributed by atoms with Crippen LogP contribution in [0.3, 0.4) is 0 Å². The Morgan fingerprint density at radius 1 is 0.950 bits per heavy atom. The number of rotatable bonds is 6.